The highest BCUT2D eigenvalue weighted by Gasteiger charge is 2.22. The fourth-order valence-electron chi connectivity index (χ4n) is 0.842. The molecule has 0 saturated carbocycles. The molecule has 17 heavy (non-hydrogen) atoms. The Morgan fingerprint density at radius 2 is 1.76 bits per heavy atom. The molecule has 0 aliphatic carbocycles. The van der Waals surface area contributed by atoms with Gasteiger partial charge in [0, 0.05) is 11.5 Å². The Hall–Kier alpha value is -0.930. The summed E-state index contributed by atoms with van der Waals surface area (Å²) in [4.78, 5) is 33.0. The fraction of sp³-hybridized carbons (Fsp3) is 0.625. The van der Waals surface area contributed by atoms with Crippen molar-refractivity contribution in [3.05, 3.63) is 0 Å². The number of carboxylic acids is 1. The van der Waals surface area contributed by atoms with Crippen molar-refractivity contribution in [2.45, 2.75) is 12.1 Å². The minimum Gasteiger partial charge on any atom is -0.480 e. The molecule has 0 aliphatic rings. The quantitative estimate of drug-likeness (QED) is 0.297. The summed E-state index contributed by atoms with van der Waals surface area (Å²) in [5.41, 5.74) is 5.40. The maximum Gasteiger partial charge on any atom is 0.322 e. The van der Waals surface area contributed by atoms with Crippen molar-refractivity contribution in [3.63, 3.8) is 0 Å². The number of carboxylic acid groups (broad SMARTS) is 1. The van der Waals surface area contributed by atoms with Crippen LogP contribution in [0.4, 0.5) is 0 Å². The number of aliphatic carboxylic acids is 1. The van der Waals surface area contributed by atoms with Crippen LogP contribution in [0.25, 0.3) is 0 Å². The van der Waals surface area contributed by atoms with Crippen LogP contribution in [-0.2, 0) is 14.4 Å². The molecule has 7 nitrogen and oxygen atoms in total. The van der Waals surface area contributed by atoms with Gasteiger partial charge in [-0.1, -0.05) is 0 Å². The lowest BCUT2D eigenvalue weighted by Crippen LogP contribution is -2.53. The van der Waals surface area contributed by atoms with E-state index >= 15 is 0 Å². The van der Waals surface area contributed by atoms with Gasteiger partial charge < -0.3 is 21.5 Å². The van der Waals surface area contributed by atoms with Gasteiger partial charge in [0.25, 0.3) is 0 Å². The molecule has 0 bridgehead atoms. The monoisotopic (exact) mass is 281 g/mol. The second kappa shape index (κ2) is 8.20. The van der Waals surface area contributed by atoms with Gasteiger partial charge in [0.05, 0.1) is 6.04 Å². The van der Waals surface area contributed by atoms with Crippen LogP contribution in [0.1, 0.15) is 0 Å². The Kier molecular flexibility index (Phi) is 7.75. The molecule has 5 N–H and O–H groups in total. The van der Waals surface area contributed by atoms with Crippen LogP contribution in [0.15, 0.2) is 0 Å². The highest BCUT2D eigenvalue weighted by Crippen LogP contribution is 1.91. The standard InChI is InChI=1S/C8H15N3O4S2/c9-4(2-16)7(14)11-5(3-17)8(15)10-1-6(12)13/h4-5,16-17H,1-3,9H2,(H,10,15)(H,11,14)(H,12,13). The topological polar surface area (TPSA) is 122 Å². The smallest absolute Gasteiger partial charge is 0.322 e. The maximum absolute atomic E-state index is 11.4. The number of hydrogen-bond donors (Lipinski definition) is 6. The Balaban J connectivity index is 4.27. The van der Waals surface area contributed by atoms with E-state index in [1.807, 2.05) is 0 Å². The summed E-state index contributed by atoms with van der Waals surface area (Å²) in [5.74, 6) is -2.15. The van der Waals surface area contributed by atoms with Crippen molar-refractivity contribution in [2.75, 3.05) is 18.1 Å². The van der Waals surface area contributed by atoms with E-state index < -0.39 is 36.4 Å². The molecular weight excluding hydrogens is 266 g/mol. The summed E-state index contributed by atoms with van der Waals surface area (Å²) in [7, 11) is 0. The highest BCUT2D eigenvalue weighted by atomic mass is 32.1. The third-order valence-corrected chi connectivity index (χ3v) is 2.52. The molecule has 9 heteroatoms. The molecule has 0 saturated heterocycles. The number of carbonyl (C=O) groups excluding carboxylic acids is 2. The van der Waals surface area contributed by atoms with Crippen molar-refractivity contribution >= 4 is 43.0 Å². The molecule has 2 unspecified atom stereocenters. The summed E-state index contributed by atoms with van der Waals surface area (Å²) in [6.45, 7) is -0.516. The first-order chi connectivity index (χ1) is 7.92. The first-order valence-corrected chi connectivity index (χ1v) is 5.96. The molecule has 0 aromatic heterocycles. The average Bonchev–Trinajstić information content (AvgIpc) is 2.31. The third kappa shape index (κ3) is 6.39. The van der Waals surface area contributed by atoms with Crippen LogP contribution < -0.4 is 16.4 Å². The van der Waals surface area contributed by atoms with Gasteiger partial charge in [-0.3, -0.25) is 14.4 Å². The van der Waals surface area contributed by atoms with Crippen LogP contribution in [0.5, 0.6) is 0 Å². The van der Waals surface area contributed by atoms with Gasteiger partial charge in [0.15, 0.2) is 0 Å². The molecule has 0 aromatic rings. The average molecular weight is 281 g/mol. The second-order valence-electron chi connectivity index (χ2n) is 3.14. The SMILES string of the molecule is NC(CS)C(=O)NC(CS)C(=O)NCC(=O)O. The van der Waals surface area contributed by atoms with E-state index in [9.17, 15) is 14.4 Å². The van der Waals surface area contributed by atoms with Gasteiger partial charge in [-0.25, -0.2) is 0 Å². The molecule has 0 fully saturated rings. The van der Waals surface area contributed by atoms with Gasteiger partial charge in [0.1, 0.15) is 12.6 Å². The lowest BCUT2D eigenvalue weighted by molar-refractivity contribution is -0.138. The number of nitrogens with two attached hydrogens (primary N) is 1. The summed E-state index contributed by atoms with van der Waals surface area (Å²) in [6, 6.07) is -1.75. The molecular formula is C8H15N3O4S2. The molecule has 0 rings (SSSR count). The first kappa shape index (κ1) is 16.1. The fourth-order valence-corrected chi connectivity index (χ4v) is 1.26. The van der Waals surface area contributed by atoms with Crippen LogP contribution >= 0.6 is 25.3 Å². The van der Waals surface area contributed by atoms with Gasteiger partial charge in [0.2, 0.25) is 11.8 Å². The first-order valence-electron chi connectivity index (χ1n) is 4.69. The lowest BCUT2D eigenvalue weighted by Gasteiger charge is -2.17. The zero-order chi connectivity index (χ0) is 13.4. The Labute approximate surface area is 109 Å². The molecule has 2 amide bonds. The number of nitrogens with one attached hydrogen (secondary N) is 2. The minimum absolute atomic E-state index is 0.0382. The highest BCUT2D eigenvalue weighted by molar-refractivity contribution is 7.80. The Bertz CT molecular complexity index is 300. The van der Waals surface area contributed by atoms with E-state index in [0.29, 0.717) is 0 Å². The Morgan fingerprint density at radius 3 is 2.18 bits per heavy atom. The summed E-state index contributed by atoms with van der Waals surface area (Å²) in [6.07, 6.45) is 0. The van der Waals surface area contributed by atoms with Gasteiger partial charge in [-0.15, -0.1) is 0 Å². The maximum atomic E-state index is 11.4. The molecule has 0 aromatic carbocycles. The number of rotatable bonds is 7. The van der Waals surface area contributed by atoms with Gasteiger partial charge in [-0.05, 0) is 0 Å². The number of thiol groups is 2. The van der Waals surface area contributed by atoms with E-state index in [0.717, 1.165) is 0 Å². The number of hydrogen-bond acceptors (Lipinski definition) is 6. The molecule has 0 spiro atoms. The van der Waals surface area contributed by atoms with E-state index in [-0.39, 0.29) is 11.5 Å². The molecule has 0 radical (unpaired) electrons. The predicted octanol–water partition coefficient (Wildman–Crippen LogP) is -2.14. The van der Waals surface area contributed by atoms with Gasteiger partial charge >= 0.3 is 5.97 Å². The van der Waals surface area contributed by atoms with E-state index in [1.165, 1.54) is 0 Å². The summed E-state index contributed by atoms with van der Waals surface area (Å²) >= 11 is 7.73. The molecule has 0 aliphatic heterocycles. The zero-order valence-electron chi connectivity index (χ0n) is 8.92. The predicted molar refractivity (Wildman–Crippen MR) is 68.3 cm³/mol. The van der Waals surface area contributed by atoms with Crippen molar-refractivity contribution < 1.29 is 19.5 Å². The van der Waals surface area contributed by atoms with Crippen LogP contribution in [0, 0.1) is 0 Å². The molecule has 0 heterocycles. The number of carbonyl (C=O) groups is 3. The second-order valence-corrected chi connectivity index (χ2v) is 3.87. The van der Waals surface area contributed by atoms with E-state index in [4.69, 9.17) is 10.8 Å². The van der Waals surface area contributed by atoms with Crippen LogP contribution in [0.2, 0.25) is 0 Å². The summed E-state index contributed by atoms with van der Waals surface area (Å²) in [5, 5.41) is 12.9. The van der Waals surface area contributed by atoms with Crippen LogP contribution in [0.3, 0.4) is 0 Å². The van der Waals surface area contributed by atoms with Crippen LogP contribution in [-0.4, -0.2) is 53.0 Å². The number of amides is 2. The molecule has 98 valence electrons. The lowest BCUT2D eigenvalue weighted by atomic mass is 10.2. The van der Waals surface area contributed by atoms with E-state index in [2.05, 4.69) is 35.9 Å². The van der Waals surface area contributed by atoms with Crippen molar-refractivity contribution in [2.24, 2.45) is 5.73 Å². The van der Waals surface area contributed by atoms with E-state index in [1.54, 1.807) is 0 Å². The zero-order valence-corrected chi connectivity index (χ0v) is 10.7. The summed E-state index contributed by atoms with van der Waals surface area (Å²) < 4.78 is 0. The Morgan fingerprint density at radius 1 is 1.18 bits per heavy atom. The van der Waals surface area contributed by atoms with Gasteiger partial charge in [-0.2, -0.15) is 25.3 Å². The van der Waals surface area contributed by atoms with Crippen molar-refractivity contribution in [1.29, 1.82) is 0 Å². The van der Waals surface area contributed by atoms with Crippen molar-refractivity contribution in [3.8, 4) is 0 Å². The largest absolute Gasteiger partial charge is 0.480 e. The third-order valence-electron chi connectivity index (χ3n) is 1.76. The van der Waals surface area contributed by atoms with Crippen molar-refractivity contribution in [1.82, 2.24) is 10.6 Å². The minimum atomic E-state index is -1.17. The normalized spacial score (nSPS) is 13.6. The molecule has 2 atom stereocenters.